The van der Waals surface area contributed by atoms with Gasteiger partial charge in [-0.15, -0.1) is 0 Å². The molecule has 1 amide bonds. The van der Waals surface area contributed by atoms with Crippen LogP contribution in [-0.4, -0.2) is 59.9 Å². The highest BCUT2D eigenvalue weighted by atomic mass is 32.2. The Morgan fingerprint density at radius 2 is 2.41 bits per heavy atom. The number of carbonyl (C=O) groups is 1. The number of nitriles is 1. The van der Waals surface area contributed by atoms with E-state index in [1.807, 2.05) is 11.8 Å². The molecule has 1 unspecified atom stereocenters. The summed E-state index contributed by atoms with van der Waals surface area (Å²) in [5, 5.41) is 8.47. The van der Waals surface area contributed by atoms with Gasteiger partial charge in [0, 0.05) is 50.7 Å². The summed E-state index contributed by atoms with van der Waals surface area (Å²) in [5.41, 5.74) is 0. The fraction of sp³-hybridized carbons (Fsp3) is 0.833. The molecular weight excluding hydrogens is 234 g/mol. The van der Waals surface area contributed by atoms with Crippen molar-refractivity contribution in [2.75, 3.05) is 38.2 Å². The fourth-order valence-corrected chi connectivity index (χ4v) is 2.95. The summed E-state index contributed by atoms with van der Waals surface area (Å²) in [6.07, 6.45) is 0.982. The molecule has 0 aromatic carbocycles. The average molecular weight is 255 g/mol. The fourth-order valence-electron chi connectivity index (χ4n) is 1.87. The van der Waals surface area contributed by atoms with E-state index < -0.39 is 0 Å². The average Bonchev–Trinajstić information content (AvgIpc) is 2.34. The van der Waals surface area contributed by atoms with E-state index in [4.69, 9.17) is 5.26 Å². The van der Waals surface area contributed by atoms with E-state index in [9.17, 15) is 4.79 Å². The number of hydrogen-bond acceptors (Lipinski definition) is 4. The summed E-state index contributed by atoms with van der Waals surface area (Å²) in [6.45, 7) is 4.69. The molecule has 0 N–H and O–H groups in total. The number of nitrogens with zero attached hydrogens (tertiary/aromatic N) is 3. The van der Waals surface area contributed by atoms with E-state index in [2.05, 4.69) is 17.9 Å². The molecule has 0 aromatic heterocycles. The molecule has 4 nitrogen and oxygen atoms in total. The van der Waals surface area contributed by atoms with Gasteiger partial charge in [0.15, 0.2) is 0 Å². The van der Waals surface area contributed by atoms with Crippen LogP contribution in [0.4, 0.5) is 0 Å². The second kappa shape index (κ2) is 7.57. The van der Waals surface area contributed by atoms with Crippen molar-refractivity contribution in [1.29, 1.82) is 5.26 Å². The molecule has 1 heterocycles. The maximum absolute atomic E-state index is 11.8. The highest BCUT2D eigenvalue weighted by molar-refractivity contribution is 7.99. The van der Waals surface area contributed by atoms with Gasteiger partial charge in [-0.1, -0.05) is 0 Å². The van der Waals surface area contributed by atoms with Gasteiger partial charge >= 0.3 is 0 Å². The van der Waals surface area contributed by atoms with Gasteiger partial charge in [0.25, 0.3) is 0 Å². The van der Waals surface area contributed by atoms with Crippen LogP contribution in [0.5, 0.6) is 0 Å². The number of carbonyl (C=O) groups excluding carboxylic acids is 1. The standard InChI is InChI=1S/C12H21N3OS/c1-11-10-17-9-8-15(11)7-4-12(16)14(2)6-3-5-13/h11H,3-4,6-10H2,1-2H3. The van der Waals surface area contributed by atoms with Crippen LogP contribution < -0.4 is 0 Å². The first-order chi connectivity index (χ1) is 8.15. The summed E-state index contributed by atoms with van der Waals surface area (Å²) in [5.74, 6) is 2.48. The molecule has 0 bridgehead atoms. The van der Waals surface area contributed by atoms with Gasteiger partial charge in [0.1, 0.15) is 0 Å². The first kappa shape index (κ1) is 14.3. The van der Waals surface area contributed by atoms with Crippen molar-refractivity contribution in [3.8, 4) is 6.07 Å². The molecule has 17 heavy (non-hydrogen) atoms. The van der Waals surface area contributed by atoms with E-state index in [1.165, 1.54) is 11.5 Å². The molecule has 5 heteroatoms. The molecule has 1 saturated heterocycles. The smallest absolute Gasteiger partial charge is 0.223 e. The van der Waals surface area contributed by atoms with Crippen molar-refractivity contribution in [3.63, 3.8) is 0 Å². The van der Waals surface area contributed by atoms with Gasteiger partial charge in [-0.05, 0) is 6.92 Å². The quantitative estimate of drug-likeness (QED) is 0.740. The molecule has 0 aromatic rings. The first-order valence-corrected chi connectivity index (χ1v) is 7.23. The monoisotopic (exact) mass is 255 g/mol. The van der Waals surface area contributed by atoms with Crippen LogP contribution in [-0.2, 0) is 4.79 Å². The lowest BCUT2D eigenvalue weighted by atomic mass is 10.2. The molecule has 0 radical (unpaired) electrons. The normalized spacial score (nSPS) is 20.9. The van der Waals surface area contributed by atoms with Gasteiger partial charge in [0.2, 0.25) is 5.91 Å². The van der Waals surface area contributed by atoms with Crippen LogP contribution in [0.1, 0.15) is 19.8 Å². The zero-order chi connectivity index (χ0) is 12.7. The van der Waals surface area contributed by atoms with Crippen molar-refractivity contribution >= 4 is 17.7 Å². The summed E-state index contributed by atoms with van der Waals surface area (Å²) in [4.78, 5) is 15.8. The Morgan fingerprint density at radius 1 is 1.65 bits per heavy atom. The molecule has 1 rings (SSSR count). The minimum Gasteiger partial charge on any atom is -0.345 e. The largest absolute Gasteiger partial charge is 0.345 e. The Kier molecular flexibility index (Phi) is 6.38. The van der Waals surface area contributed by atoms with Crippen molar-refractivity contribution in [1.82, 2.24) is 9.80 Å². The highest BCUT2D eigenvalue weighted by Crippen LogP contribution is 2.16. The lowest BCUT2D eigenvalue weighted by molar-refractivity contribution is -0.130. The first-order valence-electron chi connectivity index (χ1n) is 6.08. The van der Waals surface area contributed by atoms with E-state index in [0.29, 0.717) is 25.4 Å². The van der Waals surface area contributed by atoms with E-state index in [1.54, 1.807) is 11.9 Å². The zero-order valence-corrected chi connectivity index (χ0v) is 11.5. The molecule has 0 saturated carbocycles. The molecule has 96 valence electrons. The third kappa shape index (κ3) is 4.97. The Morgan fingerprint density at radius 3 is 3.06 bits per heavy atom. The van der Waals surface area contributed by atoms with Crippen molar-refractivity contribution in [2.24, 2.45) is 0 Å². The summed E-state index contributed by atoms with van der Waals surface area (Å²) < 4.78 is 0. The molecule has 1 atom stereocenters. The van der Waals surface area contributed by atoms with Crippen LogP contribution in [0.2, 0.25) is 0 Å². The van der Waals surface area contributed by atoms with E-state index >= 15 is 0 Å². The maximum atomic E-state index is 11.8. The number of hydrogen-bond donors (Lipinski definition) is 0. The topological polar surface area (TPSA) is 47.3 Å². The summed E-state index contributed by atoms with van der Waals surface area (Å²) in [6, 6.07) is 2.63. The third-order valence-corrected chi connectivity index (χ3v) is 4.29. The van der Waals surface area contributed by atoms with Crippen molar-refractivity contribution < 1.29 is 4.79 Å². The second-order valence-corrected chi connectivity index (χ2v) is 5.58. The van der Waals surface area contributed by atoms with Crippen LogP contribution >= 0.6 is 11.8 Å². The van der Waals surface area contributed by atoms with E-state index in [0.717, 1.165) is 13.1 Å². The van der Waals surface area contributed by atoms with Crippen LogP contribution in [0.25, 0.3) is 0 Å². The number of amides is 1. The molecule has 0 aliphatic carbocycles. The Hall–Kier alpha value is -0.730. The Labute approximate surface area is 108 Å². The number of thioether (sulfide) groups is 1. The van der Waals surface area contributed by atoms with Gasteiger partial charge in [-0.3, -0.25) is 9.69 Å². The molecule has 1 fully saturated rings. The molecule has 1 aliphatic rings. The van der Waals surface area contributed by atoms with Crippen molar-refractivity contribution in [2.45, 2.75) is 25.8 Å². The zero-order valence-electron chi connectivity index (χ0n) is 10.7. The molecular formula is C12H21N3OS. The predicted octanol–water partition coefficient (Wildman–Crippen LogP) is 1.19. The lowest BCUT2D eigenvalue weighted by Gasteiger charge is -2.33. The van der Waals surface area contributed by atoms with Gasteiger partial charge < -0.3 is 4.90 Å². The molecule has 0 spiro atoms. The van der Waals surface area contributed by atoms with Crippen molar-refractivity contribution in [3.05, 3.63) is 0 Å². The maximum Gasteiger partial charge on any atom is 0.223 e. The Balaban J connectivity index is 2.24. The van der Waals surface area contributed by atoms with Gasteiger partial charge in [-0.25, -0.2) is 0 Å². The summed E-state index contributed by atoms with van der Waals surface area (Å²) in [7, 11) is 1.77. The highest BCUT2D eigenvalue weighted by Gasteiger charge is 2.19. The van der Waals surface area contributed by atoms with Crippen LogP contribution in [0.15, 0.2) is 0 Å². The lowest BCUT2D eigenvalue weighted by Crippen LogP contribution is -2.42. The van der Waals surface area contributed by atoms with Gasteiger partial charge in [-0.2, -0.15) is 17.0 Å². The minimum absolute atomic E-state index is 0.144. The van der Waals surface area contributed by atoms with E-state index in [-0.39, 0.29) is 5.91 Å². The summed E-state index contributed by atoms with van der Waals surface area (Å²) >= 11 is 1.99. The van der Waals surface area contributed by atoms with Crippen LogP contribution in [0.3, 0.4) is 0 Å². The molecule has 1 aliphatic heterocycles. The van der Waals surface area contributed by atoms with Gasteiger partial charge in [0.05, 0.1) is 12.5 Å². The Bertz CT molecular complexity index is 290. The second-order valence-electron chi connectivity index (χ2n) is 4.43. The predicted molar refractivity (Wildman–Crippen MR) is 70.8 cm³/mol. The SMILES string of the molecule is CC1CSCCN1CCC(=O)N(C)CCC#N. The van der Waals surface area contributed by atoms with Crippen LogP contribution in [0, 0.1) is 11.3 Å². The third-order valence-electron chi connectivity index (χ3n) is 3.10. The number of rotatable bonds is 5. The minimum atomic E-state index is 0.144.